The molecule has 0 aliphatic carbocycles. The lowest BCUT2D eigenvalue weighted by Gasteiger charge is -2.35. The van der Waals surface area contributed by atoms with Crippen molar-refractivity contribution in [3.63, 3.8) is 0 Å². The van der Waals surface area contributed by atoms with Gasteiger partial charge in [-0.1, -0.05) is 60.7 Å². The Labute approximate surface area is 186 Å². The van der Waals surface area contributed by atoms with E-state index in [1.165, 1.54) is 47.6 Å². The lowest BCUT2D eigenvalue weighted by Crippen LogP contribution is -2.63. The van der Waals surface area contributed by atoms with Gasteiger partial charge in [0.15, 0.2) is 0 Å². The first-order valence-electron chi connectivity index (χ1n) is 9.36. The minimum absolute atomic E-state index is 0.151. The zero-order valence-corrected chi connectivity index (χ0v) is 16.8. The Morgan fingerprint density at radius 1 is 0.824 bits per heavy atom. The second-order valence-electron chi connectivity index (χ2n) is 7.09. The maximum absolute atomic E-state index is 14.5. The van der Waals surface area contributed by atoms with Gasteiger partial charge in [0.1, 0.15) is 11.5 Å². The summed E-state index contributed by atoms with van der Waals surface area (Å²) in [6.45, 7) is 0. The summed E-state index contributed by atoms with van der Waals surface area (Å²) in [6.07, 6.45) is -0.429. The van der Waals surface area contributed by atoms with Crippen molar-refractivity contribution in [2.24, 2.45) is 0 Å². The van der Waals surface area contributed by atoms with Gasteiger partial charge in [0.05, 0.1) is 5.69 Å². The summed E-state index contributed by atoms with van der Waals surface area (Å²) >= 11 is 0. The van der Waals surface area contributed by atoms with E-state index in [0.717, 1.165) is 12.1 Å². The van der Waals surface area contributed by atoms with Crippen molar-refractivity contribution in [1.29, 1.82) is 0 Å². The second-order valence-corrected chi connectivity index (χ2v) is 7.09. The molecule has 0 radical (unpaired) electrons. The number of rotatable bonds is 8. The average molecular weight is 490 g/mol. The van der Waals surface area contributed by atoms with Gasteiger partial charge in [-0.2, -0.15) is 40.2 Å². The molecule has 1 aromatic heterocycles. The highest BCUT2D eigenvalue weighted by Crippen LogP contribution is 2.56. The fourth-order valence-electron chi connectivity index (χ4n) is 2.86. The number of nitrogens with one attached hydrogen (secondary N) is 1. The molecule has 1 heterocycles. The first kappa shape index (κ1) is 24.9. The van der Waals surface area contributed by atoms with Crippen molar-refractivity contribution >= 4 is 11.5 Å². The third kappa shape index (κ3) is 4.03. The van der Waals surface area contributed by atoms with E-state index in [4.69, 9.17) is 0 Å². The van der Waals surface area contributed by atoms with Crippen LogP contribution in [0.1, 0.15) is 11.3 Å². The summed E-state index contributed by atoms with van der Waals surface area (Å²) in [4.78, 5) is 11.7. The zero-order chi connectivity index (χ0) is 25.4. The topological polar surface area (TPSA) is 66.0 Å². The van der Waals surface area contributed by atoms with Gasteiger partial charge in [-0.25, -0.2) is 0 Å². The van der Waals surface area contributed by atoms with Crippen molar-refractivity contribution in [2.45, 2.75) is 23.7 Å². The molecule has 2 aromatic carbocycles. The summed E-state index contributed by atoms with van der Waals surface area (Å²) < 4.78 is 114. The SMILES string of the molecule is O=C(/C=C(/O)c1ccccc1)C(F)(F)C(F)(F)C(F)(F)C(F)(F)c1cc(-c2ccccc2)n[nH]1. The molecular weight excluding hydrogens is 476 g/mol. The van der Waals surface area contributed by atoms with Crippen molar-refractivity contribution < 1.29 is 45.0 Å². The highest BCUT2D eigenvalue weighted by atomic mass is 19.4. The maximum Gasteiger partial charge on any atom is 0.386 e. The van der Waals surface area contributed by atoms with Gasteiger partial charge in [0.25, 0.3) is 0 Å². The molecule has 0 saturated carbocycles. The predicted molar refractivity (Wildman–Crippen MR) is 105 cm³/mol. The van der Waals surface area contributed by atoms with Crippen LogP contribution in [0.25, 0.3) is 17.0 Å². The molecule has 0 fully saturated rings. The Bertz CT molecular complexity index is 1190. The Morgan fingerprint density at radius 3 is 1.91 bits per heavy atom. The predicted octanol–water partition coefficient (Wildman–Crippen LogP) is 6.24. The molecule has 0 spiro atoms. The van der Waals surface area contributed by atoms with Gasteiger partial charge in [0, 0.05) is 17.2 Å². The van der Waals surface area contributed by atoms with E-state index < -0.39 is 47.0 Å². The smallest absolute Gasteiger partial charge is 0.386 e. The molecule has 3 aromatic rings. The number of benzene rings is 2. The molecule has 180 valence electrons. The zero-order valence-electron chi connectivity index (χ0n) is 16.8. The van der Waals surface area contributed by atoms with Crippen LogP contribution in [-0.4, -0.2) is 38.9 Å². The molecule has 0 atom stereocenters. The number of alkyl halides is 8. The number of carbonyl (C=O) groups excluding carboxylic acids is 1. The number of allylic oxidation sites excluding steroid dienone is 1. The van der Waals surface area contributed by atoms with Crippen LogP contribution in [0.3, 0.4) is 0 Å². The van der Waals surface area contributed by atoms with Crippen LogP contribution in [0, 0.1) is 0 Å². The van der Waals surface area contributed by atoms with E-state index in [1.807, 2.05) is 0 Å². The van der Waals surface area contributed by atoms with Crippen molar-refractivity contribution in [3.8, 4) is 11.3 Å². The third-order valence-electron chi connectivity index (χ3n) is 4.82. The normalized spacial score (nSPS) is 13.7. The Kier molecular flexibility index (Phi) is 6.29. The van der Waals surface area contributed by atoms with Gasteiger partial charge < -0.3 is 5.11 Å². The first-order valence-corrected chi connectivity index (χ1v) is 9.36. The quantitative estimate of drug-likeness (QED) is 0.223. The van der Waals surface area contributed by atoms with E-state index in [9.17, 15) is 45.0 Å². The number of aromatic nitrogens is 2. The molecule has 0 aliphatic rings. The number of halogens is 8. The van der Waals surface area contributed by atoms with Crippen molar-refractivity contribution in [3.05, 3.63) is 84.1 Å². The highest BCUT2D eigenvalue weighted by Gasteiger charge is 2.82. The van der Waals surface area contributed by atoms with Gasteiger partial charge in [-0.05, 0) is 6.07 Å². The summed E-state index contributed by atoms with van der Waals surface area (Å²) in [6, 6.07) is 13.7. The fraction of sp³-hybridized carbons (Fsp3) is 0.182. The van der Waals surface area contributed by atoms with Crippen LogP contribution in [-0.2, 0) is 10.7 Å². The Hall–Kier alpha value is -3.70. The van der Waals surface area contributed by atoms with Crippen LogP contribution in [0.5, 0.6) is 0 Å². The number of H-pyrrole nitrogens is 1. The summed E-state index contributed by atoms with van der Waals surface area (Å²) in [5.41, 5.74) is -2.34. The number of ketones is 1. The molecule has 3 rings (SSSR count). The van der Waals surface area contributed by atoms with E-state index in [2.05, 4.69) is 5.10 Å². The average Bonchev–Trinajstić information content (AvgIpc) is 3.31. The lowest BCUT2D eigenvalue weighted by molar-refractivity contribution is -0.361. The molecule has 4 nitrogen and oxygen atoms in total. The Balaban J connectivity index is 1.95. The van der Waals surface area contributed by atoms with Crippen LogP contribution >= 0.6 is 0 Å². The van der Waals surface area contributed by atoms with E-state index in [-0.39, 0.29) is 16.8 Å². The summed E-state index contributed by atoms with van der Waals surface area (Å²) in [7, 11) is 0. The summed E-state index contributed by atoms with van der Waals surface area (Å²) in [5, 5.41) is 14.5. The summed E-state index contributed by atoms with van der Waals surface area (Å²) in [5.74, 6) is -30.1. The second kappa shape index (κ2) is 8.58. The number of aliphatic hydroxyl groups is 1. The van der Waals surface area contributed by atoms with Gasteiger partial charge in [-0.15, -0.1) is 0 Å². The first-order chi connectivity index (χ1) is 15.7. The molecule has 2 N–H and O–H groups in total. The van der Waals surface area contributed by atoms with Gasteiger partial charge in [-0.3, -0.25) is 9.89 Å². The lowest BCUT2D eigenvalue weighted by atomic mass is 9.93. The largest absolute Gasteiger partial charge is 0.507 e. The van der Waals surface area contributed by atoms with E-state index >= 15 is 0 Å². The van der Waals surface area contributed by atoms with Crippen molar-refractivity contribution in [2.75, 3.05) is 0 Å². The maximum atomic E-state index is 14.5. The van der Waals surface area contributed by atoms with Crippen LogP contribution in [0.2, 0.25) is 0 Å². The molecule has 0 unspecified atom stereocenters. The number of hydrogen-bond acceptors (Lipinski definition) is 3. The Morgan fingerprint density at radius 2 is 1.35 bits per heavy atom. The number of carbonyl (C=O) groups is 1. The molecule has 34 heavy (non-hydrogen) atoms. The molecule has 12 heteroatoms. The number of aliphatic hydroxyl groups excluding tert-OH is 1. The molecule has 0 bridgehead atoms. The molecular formula is C22H14F8N2O2. The van der Waals surface area contributed by atoms with E-state index in [0.29, 0.717) is 6.07 Å². The van der Waals surface area contributed by atoms with E-state index in [1.54, 1.807) is 6.07 Å². The van der Waals surface area contributed by atoms with Crippen molar-refractivity contribution in [1.82, 2.24) is 10.2 Å². The monoisotopic (exact) mass is 490 g/mol. The molecule has 0 amide bonds. The fourth-order valence-corrected chi connectivity index (χ4v) is 2.86. The third-order valence-corrected chi connectivity index (χ3v) is 4.82. The number of hydrogen-bond donors (Lipinski definition) is 2. The highest BCUT2D eigenvalue weighted by molar-refractivity contribution is 6.01. The van der Waals surface area contributed by atoms with Gasteiger partial charge >= 0.3 is 23.7 Å². The van der Waals surface area contributed by atoms with Crippen LogP contribution < -0.4 is 0 Å². The molecule has 0 saturated heterocycles. The van der Waals surface area contributed by atoms with Crippen LogP contribution in [0.4, 0.5) is 35.1 Å². The number of aromatic amines is 1. The number of nitrogens with zero attached hydrogens (tertiary/aromatic N) is 1. The van der Waals surface area contributed by atoms with Crippen LogP contribution in [0.15, 0.2) is 72.8 Å². The minimum Gasteiger partial charge on any atom is -0.507 e. The standard InChI is InChI=1S/C22H14F8N2O2/c23-19(24,17-11-15(31-32-17)13-7-3-1-4-8-13)21(27,28)22(29,30)20(25,26)18(34)12-16(33)14-9-5-2-6-10-14/h1-12,33H,(H,31,32)/b16-12+. The molecule has 0 aliphatic heterocycles. The minimum atomic E-state index is -6.87. The van der Waals surface area contributed by atoms with Gasteiger partial charge in [0.2, 0.25) is 5.78 Å².